The molecule has 0 aromatic heterocycles. The van der Waals surface area contributed by atoms with Gasteiger partial charge in [0.15, 0.2) is 0 Å². The van der Waals surface area contributed by atoms with Gasteiger partial charge >= 0.3 is 85.5 Å². The Kier molecular flexibility index (Phi) is 7.38. The summed E-state index contributed by atoms with van der Waals surface area (Å²) in [6.45, 7) is 4.17. The average molecular weight is 334 g/mol. The van der Waals surface area contributed by atoms with E-state index in [1.807, 2.05) is 6.20 Å². The van der Waals surface area contributed by atoms with Crippen molar-refractivity contribution in [1.29, 1.82) is 0 Å². The predicted molar refractivity (Wildman–Crippen MR) is 48.8 cm³/mol. The molecule has 0 fully saturated rings. The summed E-state index contributed by atoms with van der Waals surface area (Å²) >= 11 is 1.44. The third-order valence-corrected chi connectivity index (χ3v) is 2.21. The number of hydrogen-bond acceptors (Lipinski definition) is 2. The van der Waals surface area contributed by atoms with Gasteiger partial charge in [-0.05, 0) is 0 Å². The van der Waals surface area contributed by atoms with E-state index >= 15 is 0 Å². The molecule has 0 spiro atoms. The van der Waals surface area contributed by atoms with E-state index in [2.05, 4.69) is 26.0 Å². The number of carbonyl (C=O) groups excluding carboxylic acids is 1. The molecule has 0 saturated heterocycles. The van der Waals surface area contributed by atoms with Crippen LogP contribution in [0.15, 0.2) is 12.3 Å². The van der Waals surface area contributed by atoms with Crippen LogP contribution in [0.1, 0.15) is 13.8 Å². The van der Waals surface area contributed by atoms with Gasteiger partial charge in [0.1, 0.15) is 0 Å². The summed E-state index contributed by atoms with van der Waals surface area (Å²) < 4.78 is 1.28. The van der Waals surface area contributed by atoms with Gasteiger partial charge in [0, 0.05) is 0 Å². The van der Waals surface area contributed by atoms with E-state index in [1.54, 1.807) is 0 Å². The molecule has 65 valence electrons. The molecule has 0 aliphatic carbocycles. The molecule has 0 aromatic rings. The van der Waals surface area contributed by atoms with Crippen molar-refractivity contribution in [2.24, 2.45) is 0 Å². The van der Waals surface area contributed by atoms with Crippen molar-refractivity contribution in [1.82, 2.24) is 4.90 Å². The van der Waals surface area contributed by atoms with Crippen LogP contribution in [0.2, 0.25) is 6.32 Å². The number of hydrogen-bond donors (Lipinski definition) is 0. The summed E-state index contributed by atoms with van der Waals surface area (Å²) in [5.74, 6) is 0. The van der Waals surface area contributed by atoms with Gasteiger partial charge in [-0.3, -0.25) is 0 Å². The number of carbonyl (C=O) groups is 1. The number of rotatable bonds is 6. The molecule has 0 saturated carbocycles. The van der Waals surface area contributed by atoms with Crippen molar-refractivity contribution in [3.63, 3.8) is 0 Å². The van der Waals surface area contributed by atoms with Crippen molar-refractivity contribution in [3.8, 4) is 0 Å². The molecule has 0 aromatic carbocycles. The van der Waals surface area contributed by atoms with Gasteiger partial charge < -0.3 is 0 Å². The summed E-state index contributed by atoms with van der Waals surface area (Å²) in [4.78, 5) is 12.2. The standard InChI is InChI=1S/C8H13BNO.W/c1-3-9-8-10(4-2)6-5-7-11;/h5-7H,3,8H2,1-2H3;/b6-5-;. The first kappa shape index (κ1) is 11.8. The van der Waals surface area contributed by atoms with Gasteiger partial charge in [0.2, 0.25) is 0 Å². The van der Waals surface area contributed by atoms with Crippen molar-refractivity contribution >= 4 is 17.6 Å². The van der Waals surface area contributed by atoms with Crippen molar-refractivity contribution < 1.29 is 24.1 Å². The minimum atomic E-state index is 0.803. The quantitative estimate of drug-likeness (QED) is 0.407. The van der Waals surface area contributed by atoms with Crippen LogP contribution >= 0.6 is 0 Å². The molecule has 12 heavy (non-hydrogen) atoms. The summed E-state index contributed by atoms with van der Waals surface area (Å²) in [6, 6.07) is 0. The molecule has 4 heteroatoms. The summed E-state index contributed by atoms with van der Waals surface area (Å²) in [6.07, 6.45) is 6.11. The zero-order valence-corrected chi connectivity index (χ0v) is 10.4. The Bertz CT molecular complexity index is 182. The Morgan fingerprint density at radius 1 is 1.67 bits per heavy atom. The molecule has 0 atom stereocenters. The minimum absolute atomic E-state index is 0.803. The zero-order valence-electron chi connectivity index (χ0n) is 7.49. The fraction of sp³-hybridized carbons (Fsp3) is 0.500. The van der Waals surface area contributed by atoms with Gasteiger partial charge in [-0.15, -0.1) is 0 Å². The average Bonchev–Trinajstić information content (AvgIpc) is 2.04. The van der Waals surface area contributed by atoms with Crippen molar-refractivity contribution in [3.05, 3.63) is 12.3 Å². The molecule has 0 unspecified atom stereocenters. The van der Waals surface area contributed by atoms with E-state index in [0.717, 1.165) is 19.1 Å². The fourth-order valence-corrected chi connectivity index (χ4v) is 1.19. The Balaban J connectivity index is 3.94. The van der Waals surface area contributed by atoms with Crippen molar-refractivity contribution in [2.45, 2.75) is 20.2 Å². The first-order valence-electron chi connectivity index (χ1n) is 3.93. The monoisotopic (exact) mass is 334 g/mol. The van der Waals surface area contributed by atoms with Crippen molar-refractivity contribution in [2.75, 3.05) is 6.44 Å². The molecule has 0 bridgehead atoms. The molecular weight excluding hydrogens is 321 g/mol. The summed E-state index contributed by atoms with van der Waals surface area (Å²) in [5, 5.41) is 0. The Morgan fingerprint density at radius 2 is 2.33 bits per heavy atom. The van der Waals surface area contributed by atoms with Gasteiger partial charge in [-0.25, -0.2) is 0 Å². The van der Waals surface area contributed by atoms with Gasteiger partial charge in [0.05, 0.1) is 0 Å². The van der Waals surface area contributed by atoms with Crippen LogP contribution in [0, 0.1) is 0 Å². The Morgan fingerprint density at radius 3 is 2.75 bits per heavy atom. The Labute approximate surface area is 85.7 Å². The molecule has 0 aliphatic heterocycles. The van der Waals surface area contributed by atoms with E-state index < -0.39 is 0 Å². The van der Waals surface area contributed by atoms with Crippen LogP contribution in [0.5, 0.6) is 0 Å². The van der Waals surface area contributed by atoms with Gasteiger partial charge in [0.25, 0.3) is 0 Å². The maximum atomic E-state index is 10.1. The van der Waals surface area contributed by atoms with Crippen LogP contribution < -0.4 is 0 Å². The first-order chi connectivity index (χ1) is 5.72. The van der Waals surface area contributed by atoms with Crippen LogP contribution in [-0.4, -0.2) is 28.9 Å². The topological polar surface area (TPSA) is 20.3 Å². The molecule has 0 N–H and O–H groups in total. The molecule has 0 aliphatic rings. The number of allylic oxidation sites excluding steroid dienone is 1. The number of nitrogens with zero attached hydrogens (tertiary/aromatic N) is 1. The first-order valence-corrected chi connectivity index (χ1v) is 5.39. The predicted octanol–water partition coefficient (Wildman–Crippen LogP) is 0.797. The molecule has 1 radical (unpaired) electrons. The molecular formula is C8H13BNOW. The SMILES string of the molecule is CC[B]CN(/C=C\C=O)[C](C)=[W]. The maximum absolute atomic E-state index is 10.1. The van der Waals surface area contributed by atoms with Gasteiger partial charge in [-0.2, -0.15) is 0 Å². The molecule has 0 amide bonds. The van der Waals surface area contributed by atoms with E-state index in [0.29, 0.717) is 0 Å². The van der Waals surface area contributed by atoms with Crippen LogP contribution in [0.4, 0.5) is 0 Å². The van der Waals surface area contributed by atoms with Crippen LogP contribution in [-0.2, 0) is 24.1 Å². The van der Waals surface area contributed by atoms with Crippen LogP contribution in [0.3, 0.4) is 0 Å². The molecule has 0 heterocycles. The van der Waals surface area contributed by atoms with E-state index in [-0.39, 0.29) is 0 Å². The molecule has 0 rings (SSSR count). The van der Waals surface area contributed by atoms with Crippen LogP contribution in [0.25, 0.3) is 0 Å². The van der Waals surface area contributed by atoms with E-state index in [9.17, 15) is 4.79 Å². The van der Waals surface area contributed by atoms with E-state index in [1.165, 1.54) is 29.5 Å². The second-order valence-electron chi connectivity index (χ2n) is 2.35. The third kappa shape index (κ3) is 5.48. The summed E-state index contributed by atoms with van der Waals surface area (Å²) in [5.41, 5.74) is 0. The summed E-state index contributed by atoms with van der Waals surface area (Å²) in [7, 11) is 2.18. The van der Waals surface area contributed by atoms with E-state index in [4.69, 9.17) is 0 Å². The second-order valence-corrected chi connectivity index (χ2v) is 4.47. The second kappa shape index (κ2) is 7.48. The fourth-order valence-electron chi connectivity index (χ4n) is 0.702. The number of aldehydes is 1. The normalized spacial score (nSPS) is 9.83. The zero-order chi connectivity index (χ0) is 9.40. The molecule has 2 nitrogen and oxygen atoms in total. The van der Waals surface area contributed by atoms with Gasteiger partial charge in [-0.1, -0.05) is 0 Å². The third-order valence-electron chi connectivity index (χ3n) is 1.36. The Hall–Kier alpha value is -0.167.